The van der Waals surface area contributed by atoms with Crippen molar-refractivity contribution in [3.63, 3.8) is 0 Å². The van der Waals surface area contributed by atoms with Crippen LogP contribution in [0.2, 0.25) is 0 Å². The Morgan fingerprint density at radius 3 is 2.77 bits per heavy atom. The third kappa shape index (κ3) is 4.34. The maximum absolute atomic E-state index is 15.5. The van der Waals surface area contributed by atoms with Crippen molar-refractivity contribution in [2.75, 3.05) is 31.6 Å². The SMILES string of the molecule is CCc1cc(C(=O)N2CCc3sccc3C2C)nc2cc(-c3ccc(N4CCC(C)(C(=O)OC)C4)cc3F)nn12. The Kier molecular flexibility index (Phi) is 6.60. The van der Waals surface area contributed by atoms with E-state index in [2.05, 4.69) is 28.5 Å². The topological polar surface area (TPSA) is 80.0 Å². The van der Waals surface area contributed by atoms with E-state index in [1.54, 1.807) is 34.1 Å². The van der Waals surface area contributed by atoms with E-state index >= 15 is 4.39 Å². The molecule has 0 N–H and O–H groups in total. The van der Waals surface area contributed by atoms with Crippen LogP contribution >= 0.6 is 11.3 Å². The molecular formula is C30H32FN5O3S. The van der Waals surface area contributed by atoms with Gasteiger partial charge in [0, 0.05) is 47.5 Å². The predicted octanol–water partition coefficient (Wildman–Crippen LogP) is 5.31. The fourth-order valence-corrected chi connectivity index (χ4v) is 6.93. The molecule has 2 aliphatic heterocycles. The summed E-state index contributed by atoms with van der Waals surface area (Å²) in [5, 5.41) is 6.75. The minimum Gasteiger partial charge on any atom is -0.469 e. The summed E-state index contributed by atoms with van der Waals surface area (Å²) in [6.45, 7) is 7.70. The fraction of sp³-hybridized carbons (Fsp3) is 0.400. The Morgan fingerprint density at radius 1 is 1.20 bits per heavy atom. The van der Waals surface area contributed by atoms with Crippen molar-refractivity contribution < 1.29 is 18.7 Å². The molecule has 8 nitrogen and oxygen atoms in total. The number of carbonyl (C=O) groups is 2. The van der Waals surface area contributed by atoms with Gasteiger partial charge in [-0.25, -0.2) is 13.9 Å². The molecule has 2 unspecified atom stereocenters. The van der Waals surface area contributed by atoms with E-state index in [-0.39, 0.29) is 17.9 Å². The van der Waals surface area contributed by atoms with Crippen LogP contribution in [-0.2, 0) is 22.4 Å². The highest BCUT2D eigenvalue weighted by molar-refractivity contribution is 7.10. The molecule has 0 aliphatic carbocycles. The number of aromatic nitrogens is 3. The highest BCUT2D eigenvalue weighted by Crippen LogP contribution is 2.36. The average molecular weight is 562 g/mol. The van der Waals surface area contributed by atoms with Crippen LogP contribution in [0.15, 0.2) is 41.8 Å². The molecule has 1 fully saturated rings. The zero-order chi connectivity index (χ0) is 28.2. The minimum atomic E-state index is -0.610. The van der Waals surface area contributed by atoms with Crippen LogP contribution in [0.1, 0.15) is 59.9 Å². The summed E-state index contributed by atoms with van der Waals surface area (Å²) in [7, 11) is 1.39. The first kappa shape index (κ1) is 26.4. The van der Waals surface area contributed by atoms with Gasteiger partial charge in [-0.05, 0) is 74.4 Å². The number of fused-ring (bicyclic) bond motifs is 2. The number of methoxy groups -OCH3 is 1. The number of hydrogen-bond acceptors (Lipinski definition) is 7. The fourth-order valence-electron chi connectivity index (χ4n) is 5.97. The molecule has 6 rings (SSSR count). The Bertz CT molecular complexity index is 1630. The highest BCUT2D eigenvalue weighted by atomic mass is 32.1. The van der Waals surface area contributed by atoms with Gasteiger partial charge in [0.15, 0.2) is 5.65 Å². The van der Waals surface area contributed by atoms with Crippen LogP contribution in [-0.4, -0.2) is 58.1 Å². The molecule has 4 aromatic rings. The van der Waals surface area contributed by atoms with Crippen molar-refractivity contribution in [3.05, 3.63) is 69.4 Å². The van der Waals surface area contributed by atoms with Crippen LogP contribution in [0.4, 0.5) is 10.1 Å². The van der Waals surface area contributed by atoms with E-state index in [0.717, 1.165) is 12.1 Å². The molecule has 0 bridgehead atoms. The van der Waals surface area contributed by atoms with Crippen molar-refractivity contribution in [2.24, 2.45) is 5.41 Å². The molecule has 1 amide bonds. The molecule has 1 saturated heterocycles. The number of esters is 1. The number of aryl methyl sites for hydroxylation is 1. The molecule has 2 aliphatic rings. The van der Waals surface area contributed by atoms with E-state index in [1.165, 1.54) is 23.6 Å². The monoisotopic (exact) mass is 561 g/mol. The van der Waals surface area contributed by atoms with Gasteiger partial charge < -0.3 is 14.5 Å². The quantitative estimate of drug-likeness (QED) is 0.308. The molecule has 40 heavy (non-hydrogen) atoms. The Morgan fingerprint density at radius 2 is 2.02 bits per heavy atom. The third-order valence-corrected chi connectivity index (χ3v) is 9.36. The molecule has 3 aromatic heterocycles. The summed E-state index contributed by atoms with van der Waals surface area (Å²) in [6, 6.07) is 10.7. The van der Waals surface area contributed by atoms with E-state index in [0.29, 0.717) is 60.8 Å². The van der Waals surface area contributed by atoms with Crippen molar-refractivity contribution in [3.8, 4) is 11.3 Å². The number of hydrogen-bond donors (Lipinski definition) is 0. The van der Waals surface area contributed by atoms with E-state index in [1.807, 2.05) is 29.7 Å². The van der Waals surface area contributed by atoms with Crippen LogP contribution in [0, 0.1) is 11.2 Å². The lowest BCUT2D eigenvalue weighted by molar-refractivity contribution is -0.150. The second-order valence-corrected chi connectivity index (χ2v) is 11.9. The summed E-state index contributed by atoms with van der Waals surface area (Å²) in [6.07, 6.45) is 2.13. The maximum atomic E-state index is 15.5. The van der Waals surface area contributed by atoms with Crippen LogP contribution in [0.5, 0.6) is 0 Å². The number of halogens is 1. The minimum absolute atomic E-state index is 0.0141. The first-order valence-electron chi connectivity index (χ1n) is 13.6. The van der Waals surface area contributed by atoms with Crippen molar-refractivity contribution in [1.82, 2.24) is 19.5 Å². The number of anilines is 1. The summed E-state index contributed by atoms with van der Waals surface area (Å²) < 4.78 is 22.1. The van der Waals surface area contributed by atoms with Crippen LogP contribution in [0.25, 0.3) is 16.9 Å². The molecule has 1 aromatic carbocycles. The second kappa shape index (κ2) is 9.99. The zero-order valence-corrected chi connectivity index (χ0v) is 23.9. The van der Waals surface area contributed by atoms with Crippen LogP contribution in [0.3, 0.4) is 0 Å². The van der Waals surface area contributed by atoms with Gasteiger partial charge in [0.05, 0.1) is 24.3 Å². The number of ether oxygens (including phenoxy) is 1. The van der Waals surface area contributed by atoms with Crippen molar-refractivity contribution in [2.45, 2.75) is 46.1 Å². The molecule has 208 valence electrons. The Balaban J connectivity index is 1.29. The van der Waals surface area contributed by atoms with Gasteiger partial charge >= 0.3 is 5.97 Å². The molecule has 5 heterocycles. The molecule has 0 spiro atoms. The van der Waals surface area contributed by atoms with Gasteiger partial charge in [0.1, 0.15) is 11.5 Å². The molecule has 0 radical (unpaired) electrons. The Labute approximate surface area is 236 Å². The Hall–Kier alpha value is -3.79. The smallest absolute Gasteiger partial charge is 0.313 e. The first-order valence-corrected chi connectivity index (χ1v) is 14.5. The standard InChI is InChI=1S/C30H32FN5O3S/c1-5-19-15-25(28(37)35-11-8-26-21(18(35)2)9-13-40-26)32-27-16-24(33-36(19)27)22-7-6-20(14-23(22)31)34-12-10-30(3,17-34)29(38)39-4/h6-7,9,13-16,18H,5,8,10-12,17H2,1-4H3. The maximum Gasteiger partial charge on any atom is 0.313 e. The summed E-state index contributed by atoms with van der Waals surface area (Å²) in [4.78, 5) is 35.7. The molecule has 2 atom stereocenters. The lowest BCUT2D eigenvalue weighted by atomic mass is 9.90. The van der Waals surface area contributed by atoms with Gasteiger partial charge in [0.25, 0.3) is 5.91 Å². The van der Waals surface area contributed by atoms with Gasteiger partial charge in [-0.1, -0.05) is 6.92 Å². The lowest BCUT2D eigenvalue weighted by Crippen LogP contribution is -2.38. The van der Waals surface area contributed by atoms with E-state index < -0.39 is 11.2 Å². The summed E-state index contributed by atoms with van der Waals surface area (Å²) >= 11 is 1.74. The number of rotatable bonds is 5. The number of nitrogens with zero attached hydrogens (tertiary/aromatic N) is 5. The highest BCUT2D eigenvalue weighted by Gasteiger charge is 2.41. The summed E-state index contributed by atoms with van der Waals surface area (Å²) in [5.74, 6) is -0.764. The predicted molar refractivity (Wildman–Crippen MR) is 152 cm³/mol. The normalized spacial score (nSPS) is 20.7. The molecular weight excluding hydrogens is 529 g/mol. The largest absolute Gasteiger partial charge is 0.469 e. The number of benzene rings is 1. The summed E-state index contributed by atoms with van der Waals surface area (Å²) in [5.41, 5.74) is 3.82. The van der Waals surface area contributed by atoms with Gasteiger partial charge in [-0.15, -0.1) is 11.3 Å². The van der Waals surface area contributed by atoms with Crippen molar-refractivity contribution in [1.29, 1.82) is 0 Å². The second-order valence-electron chi connectivity index (χ2n) is 10.9. The van der Waals surface area contributed by atoms with Crippen LogP contribution < -0.4 is 4.90 Å². The number of amides is 1. The van der Waals surface area contributed by atoms with Gasteiger partial charge in [-0.3, -0.25) is 9.59 Å². The number of thiophene rings is 1. The van der Waals surface area contributed by atoms with Gasteiger partial charge in [0.2, 0.25) is 0 Å². The molecule has 0 saturated carbocycles. The van der Waals surface area contributed by atoms with Gasteiger partial charge in [-0.2, -0.15) is 5.10 Å². The zero-order valence-electron chi connectivity index (χ0n) is 23.1. The lowest BCUT2D eigenvalue weighted by Gasteiger charge is -2.33. The first-order chi connectivity index (χ1) is 19.2. The molecule has 10 heteroatoms. The van der Waals surface area contributed by atoms with Crippen molar-refractivity contribution >= 4 is 34.5 Å². The van der Waals surface area contributed by atoms with E-state index in [9.17, 15) is 9.59 Å². The number of carbonyl (C=O) groups excluding carboxylic acids is 2. The third-order valence-electron chi connectivity index (χ3n) is 8.37. The van der Waals surface area contributed by atoms with E-state index in [4.69, 9.17) is 4.74 Å². The average Bonchev–Trinajstić information content (AvgIpc) is 3.70.